The van der Waals surface area contributed by atoms with Gasteiger partial charge in [-0.2, -0.15) is 0 Å². The molecule has 1 heterocycles. The molecule has 1 saturated carbocycles. The fraction of sp³-hybridized carbons (Fsp3) is 1.00. The number of nitrogens with one attached hydrogen (secondary N) is 1. The molecule has 1 aliphatic heterocycles. The van der Waals surface area contributed by atoms with Gasteiger partial charge in [-0.25, -0.2) is 0 Å². The van der Waals surface area contributed by atoms with E-state index in [1.54, 1.807) is 0 Å². The zero-order valence-electron chi connectivity index (χ0n) is 12.1. The van der Waals surface area contributed by atoms with Gasteiger partial charge in [0.15, 0.2) is 0 Å². The molecule has 0 aromatic carbocycles. The topological polar surface area (TPSA) is 35.5 Å². The molecule has 0 radical (unpaired) electrons. The highest BCUT2D eigenvalue weighted by atomic mass is 16.3. The standard InChI is InChI=1S/C15H30N2O/c1-12(2)16-15(11-18)6-7-17-9-13-4-3-5-14(8-13)10-17/h12-16,18H,3-11H2,1-2H3. The molecular weight excluding hydrogens is 224 g/mol. The number of likely N-dealkylation sites (tertiary alicyclic amines) is 1. The van der Waals surface area contributed by atoms with Crippen molar-refractivity contribution in [1.82, 2.24) is 10.2 Å². The number of hydrogen-bond acceptors (Lipinski definition) is 3. The number of aliphatic hydroxyl groups is 1. The van der Waals surface area contributed by atoms with Gasteiger partial charge in [0.1, 0.15) is 0 Å². The summed E-state index contributed by atoms with van der Waals surface area (Å²) in [5.41, 5.74) is 0. The van der Waals surface area contributed by atoms with Gasteiger partial charge in [0.2, 0.25) is 0 Å². The quantitative estimate of drug-likeness (QED) is 0.759. The third-order valence-corrected chi connectivity index (χ3v) is 4.51. The summed E-state index contributed by atoms with van der Waals surface area (Å²) in [5, 5.41) is 12.8. The Hall–Kier alpha value is -0.120. The number of hydrogen-bond donors (Lipinski definition) is 2. The van der Waals surface area contributed by atoms with Gasteiger partial charge >= 0.3 is 0 Å². The van der Waals surface area contributed by atoms with Crippen LogP contribution in [0, 0.1) is 11.8 Å². The van der Waals surface area contributed by atoms with Gasteiger partial charge in [-0.3, -0.25) is 0 Å². The predicted octanol–water partition coefficient (Wildman–Crippen LogP) is 1.86. The van der Waals surface area contributed by atoms with Crippen LogP contribution >= 0.6 is 0 Å². The van der Waals surface area contributed by atoms with E-state index in [1.165, 1.54) is 38.8 Å². The average molecular weight is 254 g/mol. The molecule has 3 nitrogen and oxygen atoms in total. The number of fused-ring (bicyclic) bond motifs is 2. The van der Waals surface area contributed by atoms with Crippen molar-refractivity contribution in [3.8, 4) is 0 Å². The molecule has 2 N–H and O–H groups in total. The Balaban J connectivity index is 1.72. The Labute approximate surface area is 112 Å². The Kier molecular flexibility index (Phi) is 5.46. The van der Waals surface area contributed by atoms with Gasteiger partial charge < -0.3 is 15.3 Å². The fourth-order valence-electron chi connectivity index (χ4n) is 3.76. The molecule has 0 spiro atoms. The maximum Gasteiger partial charge on any atom is 0.0585 e. The van der Waals surface area contributed by atoms with Crippen LogP contribution in [0.1, 0.15) is 46.0 Å². The van der Waals surface area contributed by atoms with Crippen LogP contribution < -0.4 is 5.32 Å². The van der Waals surface area contributed by atoms with Crippen molar-refractivity contribution in [2.75, 3.05) is 26.2 Å². The Morgan fingerprint density at radius 2 is 1.89 bits per heavy atom. The molecule has 0 amide bonds. The Bertz CT molecular complexity index is 233. The minimum atomic E-state index is 0.263. The normalized spacial score (nSPS) is 30.7. The van der Waals surface area contributed by atoms with E-state index in [2.05, 4.69) is 24.1 Å². The second-order valence-corrected chi connectivity index (χ2v) is 6.65. The van der Waals surface area contributed by atoms with Crippen LogP contribution in [0.5, 0.6) is 0 Å². The number of rotatable bonds is 6. The molecule has 2 rings (SSSR count). The lowest BCUT2D eigenvalue weighted by Crippen LogP contribution is -2.45. The molecule has 0 aromatic rings. The van der Waals surface area contributed by atoms with Crippen molar-refractivity contribution >= 4 is 0 Å². The summed E-state index contributed by atoms with van der Waals surface area (Å²) in [6.45, 7) is 8.31. The third-order valence-electron chi connectivity index (χ3n) is 4.51. The van der Waals surface area contributed by atoms with Gasteiger partial charge in [0.25, 0.3) is 0 Å². The summed E-state index contributed by atoms with van der Waals surface area (Å²) in [6, 6.07) is 0.731. The molecule has 2 aliphatic rings. The molecule has 3 heteroatoms. The molecule has 1 saturated heterocycles. The van der Waals surface area contributed by atoms with Gasteiger partial charge in [-0.05, 0) is 44.1 Å². The second-order valence-electron chi connectivity index (χ2n) is 6.65. The van der Waals surface area contributed by atoms with Gasteiger partial charge in [0, 0.05) is 25.2 Å². The summed E-state index contributed by atoms with van der Waals surface area (Å²) in [4.78, 5) is 2.64. The number of nitrogens with zero attached hydrogens (tertiary/aromatic N) is 1. The maximum absolute atomic E-state index is 9.38. The second kappa shape index (κ2) is 6.88. The maximum atomic E-state index is 9.38. The molecular formula is C15H30N2O. The first-order valence-electron chi connectivity index (χ1n) is 7.76. The van der Waals surface area contributed by atoms with Crippen molar-refractivity contribution in [2.45, 2.75) is 58.0 Å². The first-order valence-corrected chi connectivity index (χ1v) is 7.76. The smallest absolute Gasteiger partial charge is 0.0585 e. The first-order chi connectivity index (χ1) is 8.67. The van der Waals surface area contributed by atoms with E-state index in [1.807, 2.05) is 0 Å². The Morgan fingerprint density at radius 1 is 1.22 bits per heavy atom. The predicted molar refractivity (Wildman–Crippen MR) is 75.7 cm³/mol. The van der Waals surface area contributed by atoms with Crippen molar-refractivity contribution < 1.29 is 5.11 Å². The molecule has 2 bridgehead atoms. The zero-order valence-corrected chi connectivity index (χ0v) is 12.1. The minimum absolute atomic E-state index is 0.263. The highest BCUT2D eigenvalue weighted by molar-refractivity contribution is 4.84. The van der Waals surface area contributed by atoms with Crippen LogP contribution in [-0.2, 0) is 0 Å². The zero-order chi connectivity index (χ0) is 13.0. The SMILES string of the molecule is CC(C)NC(CO)CCN1CC2CCCC(C2)C1. The third kappa shape index (κ3) is 4.22. The highest BCUT2D eigenvalue weighted by Crippen LogP contribution is 2.34. The molecule has 0 aromatic heterocycles. The monoisotopic (exact) mass is 254 g/mol. The summed E-state index contributed by atoms with van der Waals surface area (Å²) in [5.74, 6) is 1.92. The van der Waals surface area contributed by atoms with Gasteiger partial charge in [0.05, 0.1) is 6.61 Å². The summed E-state index contributed by atoms with van der Waals surface area (Å²) < 4.78 is 0. The fourth-order valence-corrected chi connectivity index (χ4v) is 3.76. The molecule has 1 aliphatic carbocycles. The lowest BCUT2D eigenvalue weighted by Gasteiger charge is -2.41. The first kappa shape index (κ1) is 14.3. The van der Waals surface area contributed by atoms with E-state index in [9.17, 15) is 5.11 Å². The number of aliphatic hydroxyl groups excluding tert-OH is 1. The molecule has 18 heavy (non-hydrogen) atoms. The van der Waals surface area contributed by atoms with Crippen LogP contribution in [-0.4, -0.2) is 48.3 Å². The van der Waals surface area contributed by atoms with Crippen molar-refractivity contribution in [3.05, 3.63) is 0 Å². The molecule has 3 unspecified atom stereocenters. The van der Waals surface area contributed by atoms with E-state index >= 15 is 0 Å². The van der Waals surface area contributed by atoms with Crippen molar-refractivity contribution in [1.29, 1.82) is 0 Å². The van der Waals surface area contributed by atoms with E-state index in [-0.39, 0.29) is 12.6 Å². The van der Waals surface area contributed by atoms with E-state index in [4.69, 9.17) is 0 Å². The van der Waals surface area contributed by atoms with E-state index < -0.39 is 0 Å². The largest absolute Gasteiger partial charge is 0.395 e. The van der Waals surface area contributed by atoms with Gasteiger partial charge in [-0.15, -0.1) is 0 Å². The number of piperidine rings is 1. The van der Waals surface area contributed by atoms with Crippen LogP contribution in [0.2, 0.25) is 0 Å². The van der Waals surface area contributed by atoms with Crippen LogP contribution in [0.4, 0.5) is 0 Å². The molecule has 106 valence electrons. The molecule has 2 fully saturated rings. The van der Waals surface area contributed by atoms with E-state index in [0.29, 0.717) is 6.04 Å². The summed E-state index contributed by atoms with van der Waals surface area (Å²) >= 11 is 0. The van der Waals surface area contributed by atoms with Gasteiger partial charge in [-0.1, -0.05) is 20.3 Å². The summed E-state index contributed by atoms with van der Waals surface area (Å²) in [7, 11) is 0. The highest BCUT2D eigenvalue weighted by Gasteiger charge is 2.30. The summed E-state index contributed by atoms with van der Waals surface area (Å²) in [6.07, 6.45) is 6.90. The average Bonchev–Trinajstić information content (AvgIpc) is 2.33. The van der Waals surface area contributed by atoms with Crippen LogP contribution in [0.3, 0.4) is 0 Å². The minimum Gasteiger partial charge on any atom is -0.395 e. The van der Waals surface area contributed by atoms with Crippen molar-refractivity contribution in [3.63, 3.8) is 0 Å². The van der Waals surface area contributed by atoms with Crippen molar-refractivity contribution in [2.24, 2.45) is 11.8 Å². The van der Waals surface area contributed by atoms with E-state index in [0.717, 1.165) is 24.8 Å². The Morgan fingerprint density at radius 3 is 2.44 bits per heavy atom. The lowest BCUT2D eigenvalue weighted by atomic mass is 9.78. The lowest BCUT2D eigenvalue weighted by molar-refractivity contribution is 0.0799. The van der Waals surface area contributed by atoms with Crippen LogP contribution in [0.15, 0.2) is 0 Å². The van der Waals surface area contributed by atoms with Crippen LogP contribution in [0.25, 0.3) is 0 Å². The molecule has 3 atom stereocenters.